The number of hydrogen-bond acceptors (Lipinski definition) is 3. The molecule has 0 aliphatic rings. The second kappa shape index (κ2) is 6.32. The molecule has 1 aromatic rings. The lowest BCUT2D eigenvalue weighted by Gasteiger charge is -2.11. The van der Waals surface area contributed by atoms with Crippen molar-refractivity contribution in [2.75, 3.05) is 5.88 Å². The highest BCUT2D eigenvalue weighted by atomic mass is 127. The maximum Gasteiger partial charge on any atom is 0.337 e. The van der Waals surface area contributed by atoms with Crippen molar-refractivity contribution in [3.8, 4) is 0 Å². The lowest BCUT2D eigenvalue weighted by molar-refractivity contribution is -0.147. The van der Waals surface area contributed by atoms with Crippen LogP contribution in [-0.2, 0) is 4.79 Å². The number of aliphatic hydroxyl groups is 1. The van der Waals surface area contributed by atoms with E-state index in [-0.39, 0.29) is 23.6 Å². The van der Waals surface area contributed by atoms with Crippen molar-refractivity contribution in [2.24, 2.45) is 0 Å². The zero-order valence-corrected chi connectivity index (χ0v) is 11.6. The predicted octanol–water partition coefficient (Wildman–Crippen LogP) is 2.22. The minimum absolute atomic E-state index is 0.163. The number of hydrogen-bond donors (Lipinski definition) is 2. The molecule has 2 N–H and O–H groups in total. The van der Waals surface area contributed by atoms with Gasteiger partial charge in [0.1, 0.15) is 0 Å². The normalized spacial score (nSPS) is 12.2. The van der Waals surface area contributed by atoms with Crippen molar-refractivity contribution in [3.05, 3.63) is 32.9 Å². The number of aliphatic hydroxyl groups excluding tert-OH is 1. The molecule has 0 spiro atoms. The number of benzene rings is 1. The molecule has 1 atom stereocenters. The van der Waals surface area contributed by atoms with Crippen molar-refractivity contribution in [3.63, 3.8) is 0 Å². The van der Waals surface area contributed by atoms with Crippen LogP contribution in [-0.4, -0.2) is 27.8 Å². The van der Waals surface area contributed by atoms with Gasteiger partial charge in [0.2, 0.25) is 0 Å². The van der Waals surface area contributed by atoms with Crippen LogP contribution in [0.1, 0.15) is 28.4 Å². The molecule has 6 heteroatoms. The van der Waals surface area contributed by atoms with Gasteiger partial charge < -0.3 is 10.2 Å². The minimum Gasteiger partial charge on any atom is -0.479 e. The number of halogens is 2. The van der Waals surface area contributed by atoms with Gasteiger partial charge in [-0.05, 0) is 22.6 Å². The van der Waals surface area contributed by atoms with E-state index in [1.807, 2.05) is 22.6 Å². The Bertz CT molecular complexity index is 447. The topological polar surface area (TPSA) is 74.6 Å². The number of Topliss-reactive ketones (excluding diaryl/α,β-unsaturated/α-hetero) is 1. The molecule has 0 heterocycles. The molecule has 92 valence electrons. The molecule has 0 aliphatic carbocycles. The van der Waals surface area contributed by atoms with Crippen LogP contribution in [0.4, 0.5) is 0 Å². The number of carboxylic acid groups (broad SMARTS) is 1. The number of rotatable bonds is 5. The Kier molecular flexibility index (Phi) is 5.35. The Morgan fingerprint density at radius 2 is 2.06 bits per heavy atom. The van der Waals surface area contributed by atoms with Crippen molar-refractivity contribution >= 4 is 45.9 Å². The molecule has 1 unspecified atom stereocenters. The van der Waals surface area contributed by atoms with E-state index in [1.54, 1.807) is 12.1 Å². The molecule has 0 saturated heterocycles. The quantitative estimate of drug-likeness (QED) is 0.475. The maximum absolute atomic E-state index is 11.7. The van der Waals surface area contributed by atoms with Crippen LogP contribution in [0.3, 0.4) is 0 Å². The average molecular weight is 369 g/mol. The third-order valence-electron chi connectivity index (χ3n) is 2.18. The van der Waals surface area contributed by atoms with Crippen molar-refractivity contribution in [1.29, 1.82) is 0 Å². The molecule has 0 aliphatic heterocycles. The van der Waals surface area contributed by atoms with Crippen LogP contribution in [0.15, 0.2) is 18.2 Å². The molecule has 17 heavy (non-hydrogen) atoms. The molecule has 0 fully saturated rings. The first-order chi connectivity index (χ1) is 7.99. The summed E-state index contributed by atoms with van der Waals surface area (Å²) >= 11 is 7.34. The van der Waals surface area contributed by atoms with Gasteiger partial charge in [0.25, 0.3) is 0 Å². The first kappa shape index (κ1) is 14.4. The fourth-order valence-electron chi connectivity index (χ4n) is 1.33. The highest BCUT2D eigenvalue weighted by Gasteiger charge is 2.21. The Hall–Kier alpha value is -0.660. The van der Waals surface area contributed by atoms with Gasteiger partial charge in [0.05, 0.1) is 0 Å². The third kappa shape index (κ3) is 3.40. The molecule has 0 bridgehead atoms. The summed E-state index contributed by atoms with van der Waals surface area (Å²) in [4.78, 5) is 22.4. The van der Waals surface area contributed by atoms with Gasteiger partial charge in [-0.15, -0.1) is 11.6 Å². The van der Waals surface area contributed by atoms with Crippen LogP contribution in [0.2, 0.25) is 0 Å². The number of ketones is 1. The minimum atomic E-state index is -1.62. The smallest absolute Gasteiger partial charge is 0.337 e. The molecule has 1 aromatic carbocycles. The van der Waals surface area contributed by atoms with Crippen LogP contribution in [0.25, 0.3) is 0 Å². The van der Waals surface area contributed by atoms with E-state index in [2.05, 4.69) is 0 Å². The van der Waals surface area contributed by atoms with Crippen molar-refractivity contribution < 1.29 is 19.8 Å². The number of carbonyl (C=O) groups is 2. The molecular formula is C11H10ClIO4. The fourth-order valence-corrected chi connectivity index (χ4v) is 2.46. The van der Waals surface area contributed by atoms with Gasteiger partial charge in [-0.2, -0.15) is 0 Å². The number of alkyl halides is 1. The monoisotopic (exact) mass is 368 g/mol. The van der Waals surface area contributed by atoms with E-state index in [0.29, 0.717) is 9.13 Å². The molecule has 1 rings (SSSR count). The Balaban J connectivity index is 3.15. The van der Waals surface area contributed by atoms with Gasteiger partial charge in [0.15, 0.2) is 11.9 Å². The van der Waals surface area contributed by atoms with Crippen molar-refractivity contribution in [1.82, 2.24) is 0 Å². The zero-order valence-electron chi connectivity index (χ0n) is 8.69. The highest BCUT2D eigenvalue weighted by molar-refractivity contribution is 14.1. The SMILES string of the molecule is O=C(CCCl)c1cccc(C(O)C(=O)O)c1I. The molecule has 0 aromatic heterocycles. The number of aliphatic carboxylic acids is 1. The van der Waals surface area contributed by atoms with Crippen LogP contribution in [0.5, 0.6) is 0 Å². The molecule has 4 nitrogen and oxygen atoms in total. The molecule has 0 radical (unpaired) electrons. The van der Waals surface area contributed by atoms with E-state index >= 15 is 0 Å². The van der Waals surface area contributed by atoms with E-state index < -0.39 is 12.1 Å². The van der Waals surface area contributed by atoms with Gasteiger partial charge in [-0.25, -0.2) is 4.79 Å². The molecule has 0 saturated carbocycles. The van der Waals surface area contributed by atoms with Crippen LogP contribution >= 0.6 is 34.2 Å². The maximum atomic E-state index is 11.7. The summed E-state index contributed by atoms with van der Waals surface area (Å²) < 4.78 is 0.454. The predicted molar refractivity (Wildman–Crippen MR) is 71.4 cm³/mol. The summed E-state index contributed by atoms with van der Waals surface area (Å²) in [6.07, 6.45) is -1.44. The van der Waals surface area contributed by atoms with Gasteiger partial charge in [-0.1, -0.05) is 18.2 Å². The fraction of sp³-hybridized carbons (Fsp3) is 0.273. The summed E-state index contributed by atoms with van der Waals surface area (Å²) in [6, 6.07) is 4.62. The standard InChI is InChI=1S/C11H10ClIO4/c12-5-4-8(14)6-2-1-3-7(9(6)13)10(15)11(16)17/h1-3,10,15H,4-5H2,(H,16,17). The van der Waals surface area contributed by atoms with Gasteiger partial charge in [0, 0.05) is 27.0 Å². The molecule has 0 amide bonds. The Morgan fingerprint density at radius 1 is 1.41 bits per heavy atom. The summed E-state index contributed by atoms with van der Waals surface area (Å²) in [5.74, 6) is -1.30. The Morgan fingerprint density at radius 3 is 2.59 bits per heavy atom. The van der Waals surface area contributed by atoms with Gasteiger partial charge >= 0.3 is 5.97 Å². The summed E-state index contributed by atoms with van der Waals surface area (Å²) in [5, 5.41) is 18.2. The summed E-state index contributed by atoms with van der Waals surface area (Å²) in [5.41, 5.74) is 0.613. The third-order valence-corrected chi connectivity index (χ3v) is 3.57. The van der Waals surface area contributed by atoms with E-state index in [4.69, 9.17) is 16.7 Å². The van der Waals surface area contributed by atoms with Crippen molar-refractivity contribution in [2.45, 2.75) is 12.5 Å². The first-order valence-electron chi connectivity index (χ1n) is 4.77. The summed E-state index contributed by atoms with van der Waals surface area (Å²) in [6.45, 7) is 0. The first-order valence-corrected chi connectivity index (χ1v) is 6.38. The lowest BCUT2D eigenvalue weighted by atomic mass is 10.0. The number of carboxylic acids is 1. The largest absolute Gasteiger partial charge is 0.479 e. The molecular weight excluding hydrogens is 358 g/mol. The summed E-state index contributed by atoms with van der Waals surface area (Å²) in [7, 11) is 0. The van der Waals surface area contributed by atoms with Crippen LogP contribution < -0.4 is 0 Å². The van der Waals surface area contributed by atoms with E-state index in [0.717, 1.165) is 0 Å². The highest BCUT2D eigenvalue weighted by Crippen LogP contribution is 2.24. The van der Waals surface area contributed by atoms with E-state index in [1.165, 1.54) is 6.07 Å². The average Bonchev–Trinajstić information content (AvgIpc) is 2.28. The van der Waals surface area contributed by atoms with E-state index in [9.17, 15) is 14.7 Å². The lowest BCUT2D eigenvalue weighted by Crippen LogP contribution is -2.14. The van der Waals surface area contributed by atoms with Crippen LogP contribution in [0, 0.1) is 3.57 Å². The van der Waals surface area contributed by atoms with Gasteiger partial charge in [-0.3, -0.25) is 4.79 Å². The Labute approximate surface area is 117 Å². The number of carbonyl (C=O) groups excluding carboxylic acids is 1. The zero-order chi connectivity index (χ0) is 13.0. The second-order valence-corrected chi connectivity index (χ2v) is 4.77. The second-order valence-electron chi connectivity index (χ2n) is 3.31.